The molecule has 18 heavy (non-hydrogen) atoms. The number of nitrogens with zero attached hydrogens (tertiary/aromatic N) is 1. The largest absolute Gasteiger partial charge is 0.478 e. The van der Waals surface area contributed by atoms with Gasteiger partial charge in [0.2, 0.25) is 5.91 Å². The zero-order valence-electron chi connectivity index (χ0n) is 9.97. The van der Waals surface area contributed by atoms with Crippen LogP contribution in [0.15, 0.2) is 18.3 Å². The Kier molecular flexibility index (Phi) is 3.56. The molecule has 1 amide bonds. The zero-order valence-corrected chi connectivity index (χ0v) is 10.8. The van der Waals surface area contributed by atoms with Crippen LogP contribution in [0.3, 0.4) is 0 Å². The van der Waals surface area contributed by atoms with Gasteiger partial charge in [-0.15, -0.1) is 11.8 Å². The molecule has 0 bridgehead atoms. The molecule has 2 heterocycles. The molecule has 1 atom stereocenters. The minimum absolute atomic E-state index is 0.0689. The number of carboxylic acids is 1. The Hall–Kier alpha value is -1.56. The Morgan fingerprint density at radius 2 is 2.28 bits per heavy atom. The van der Waals surface area contributed by atoms with Crippen molar-refractivity contribution in [2.24, 2.45) is 0 Å². The lowest BCUT2D eigenvalue weighted by Crippen LogP contribution is -2.34. The first-order valence-electron chi connectivity index (χ1n) is 5.66. The molecular formula is C12H14N2O3S. The number of hydrogen-bond acceptors (Lipinski definition) is 4. The smallest absolute Gasteiger partial charge is 0.337 e. The summed E-state index contributed by atoms with van der Waals surface area (Å²) in [5.41, 5.74) is 0.106. The van der Waals surface area contributed by atoms with E-state index in [-0.39, 0.29) is 11.5 Å². The molecule has 0 aromatic carbocycles. The van der Waals surface area contributed by atoms with Gasteiger partial charge in [-0.3, -0.25) is 4.79 Å². The molecule has 2 rings (SSSR count). The first-order chi connectivity index (χ1) is 8.51. The fourth-order valence-electron chi connectivity index (χ4n) is 1.80. The number of nitrogens with one attached hydrogen (secondary N) is 1. The number of rotatable bonds is 3. The van der Waals surface area contributed by atoms with E-state index in [0.29, 0.717) is 5.82 Å². The van der Waals surface area contributed by atoms with Gasteiger partial charge in [0.15, 0.2) is 0 Å². The van der Waals surface area contributed by atoms with Gasteiger partial charge in [0.05, 0.1) is 10.3 Å². The number of anilines is 1. The molecule has 1 aliphatic rings. The van der Waals surface area contributed by atoms with Crippen LogP contribution in [0, 0.1) is 0 Å². The van der Waals surface area contributed by atoms with Crippen LogP contribution in [0.25, 0.3) is 0 Å². The highest BCUT2D eigenvalue weighted by Crippen LogP contribution is 2.38. The third-order valence-corrected chi connectivity index (χ3v) is 4.47. The van der Waals surface area contributed by atoms with Gasteiger partial charge in [0.1, 0.15) is 5.82 Å². The van der Waals surface area contributed by atoms with Crippen LogP contribution >= 0.6 is 11.8 Å². The quantitative estimate of drug-likeness (QED) is 0.874. The van der Waals surface area contributed by atoms with Gasteiger partial charge in [-0.05, 0) is 37.7 Å². The van der Waals surface area contributed by atoms with Crippen LogP contribution in [0.5, 0.6) is 0 Å². The van der Waals surface area contributed by atoms with Gasteiger partial charge in [-0.2, -0.15) is 0 Å². The van der Waals surface area contributed by atoms with Crippen molar-refractivity contribution < 1.29 is 14.7 Å². The van der Waals surface area contributed by atoms with E-state index in [1.807, 2.05) is 6.92 Å². The van der Waals surface area contributed by atoms with Crippen molar-refractivity contribution in [3.05, 3.63) is 23.9 Å². The van der Waals surface area contributed by atoms with Crippen LogP contribution in [-0.2, 0) is 4.79 Å². The number of thioether (sulfide) groups is 1. The number of carbonyl (C=O) groups is 2. The maximum absolute atomic E-state index is 12.1. The molecular weight excluding hydrogens is 252 g/mol. The van der Waals surface area contributed by atoms with E-state index in [4.69, 9.17) is 5.11 Å². The Bertz CT molecular complexity index is 467. The van der Waals surface area contributed by atoms with Crippen LogP contribution < -0.4 is 5.32 Å². The molecule has 1 aliphatic heterocycles. The molecule has 1 aromatic rings. The van der Waals surface area contributed by atoms with Crippen molar-refractivity contribution in [1.82, 2.24) is 4.98 Å². The highest BCUT2D eigenvalue weighted by Gasteiger charge is 2.37. The second kappa shape index (κ2) is 4.97. The summed E-state index contributed by atoms with van der Waals surface area (Å²) < 4.78 is -0.396. The monoisotopic (exact) mass is 266 g/mol. The molecule has 0 aliphatic carbocycles. The predicted octanol–water partition coefficient (Wildman–Crippen LogP) is 2.00. The number of aromatic nitrogens is 1. The molecule has 1 saturated heterocycles. The lowest BCUT2D eigenvalue weighted by atomic mass is 10.1. The highest BCUT2D eigenvalue weighted by atomic mass is 32.2. The summed E-state index contributed by atoms with van der Waals surface area (Å²) in [5, 5.41) is 11.5. The van der Waals surface area contributed by atoms with Gasteiger partial charge < -0.3 is 10.4 Å². The molecule has 1 unspecified atom stereocenters. The number of amides is 1. The minimum Gasteiger partial charge on any atom is -0.478 e. The van der Waals surface area contributed by atoms with E-state index in [1.165, 1.54) is 18.3 Å². The third kappa shape index (κ3) is 2.64. The number of pyridine rings is 1. The molecule has 2 N–H and O–H groups in total. The first-order valence-corrected chi connectivity index (χ1v) is 6.64. The van der Waals surface area contributed by atoms with Crippen molar-refractivity contribution >= 4 is 29.5 Å². The van der Waals surface area contributed by atoms with Gasteiger partial charge >= 0.3 is 5.97 Å². The fraction of sp³-hybridized carbons (Fsp3) is 0.417. The summed E-state index contributed by atoms with van der Waals surface area (Å²) in [4.78, 5) is 26.7. The van der Waals surface area contributed by atoms with E-state index < -0.39 is 10.7 Å². The number of carboxylic acid groups (broad SMARTS) is 1. The van der Waals surface area contributed by atoms with E-state index in [9.17, 15) is 9.59 Å². The summed E-state index contributed by atoms with van der Waals surface area (Å²) in [7, 11) is 0. The second-order valence-corrected chi connectivity index (χ2v) is 5.97. The lowest BCUT2D eigenvalue weighted by molar-refractivity contribution is -0.118. The van der Waals surface area contributed by atoms with E-state index in [1.54, 1.807) is 11.8 Å². The SMILES string of the molecule is CC1(C(=O)Nc2ccc(C(=O)O)cn2)CCCS1. The molecule has 0 radical (unpaired) electrons. The molecule has 5 nitrogen and oxygen atoms in total. The Morgan fingerprint density at radius 3 is 2.78 bits per heavy atom. The van der Waals surface area contributed by atoms with Crippen LogP contribution in [0.2, 0.25) is 0 Å². The number of aromatic carboxylic acids is 1. The van der Waals surface area contributed by atoms with Gasteiger partial charge in [-0.1, -0.05) is 0 Å². The molecule has 0 saturated carbocycles. The lowest BCUT2D eigenvalue weighted by Gasteiger charge is -2.20. The van der Waals surface area contributed by atoms with Crippen molar-refractivity contribution in [2.75, 3.05) is 11.1 Å². The summed E-state index contributed by atoms with van der Waals surface area (Å²) in [5.74, 6) is 0.285. The van der Waals surface area contributed by atoms with Crippen LogP contribution in [0.1, 0.15) is 30.1 Å². The first kappa shape index (κ1) is 12.9. The average Bonchev–Trinajstić information content (AvgIpc) is 2.78. The van der Waals surface area contributed by atoms with Crippen LogP contribution in [-0.4, -0.2) is 32.5 Å². The topological polar surface area (TPSA) is 79.3 Å². The molecule has 6 heteroatoms. The number of carbonyl (C=O) groups excluding carboxylic acids is 1. The van der Waals surface area contributed by atoms with Crippen molar-refractivity contribution in [3.8, 4) is 0 Å². The second-order valence-electron chi connectivity index (χ2n) is 4.37. The third-order valence-electron chi connectivity index (χ3n) is 2.95. The predicted molar refractivity (Wildman–Crippen MR) is 69.9 cm³/mol. The normalized spacial score (nSPS) is 22.7. The van der Waals surface area contributed by atoms with Gasteiger partial charge in [-0.25, -0.2) is 9.78 Å². The zero-order chi connectivity index (χ0) is 13.2. The van der Waals surface area contributed by atoms with Gasteiger partial charge in [0.25, 0.3) is 0 Å². The fourth-order valence-corrected chi connectivity index (χ4v) is 3.01. The summed E-state index contributed by atoms with van der Waals surface area (Å²) >= 11 is 1.65. The standard InChI is InChI=1S/C12H14N2O3S/c1-12(5-2-6-18-12)11(17)14-9-4-3-8(7-13-9)10(15)16/h3-4,7H,2,5-6H2,1H3,(H,15,16)(H,13,14,17). The molecule has 1 fully saturated rings. The maximum Gasteiger partial charge on any atom is 0.337 e. The highest BCUT2D eigenvalue weighted by molar-refractivity contribution is 8.01. The molecule has 96 valence electrons. The summed E-state index contributed by atoms with van der Waals surface area (Å²) in [6, 6.07) is 2.93. The minimum atomic E-state index is -1.03. The van der Waals surface area contributed by atoms with Crippen molar-refractivity contribution in [3.63, 3.8) is 0 Å². The average molecular weight is 266 g/mol. The van der Waals surface area contributed by atoms with Gasteiger partial charge in [0, 0.05) is 6.20 Å². The summed E-state index contributed by atoms with van der Waals surface area (Å²) in [6.45, 7) is 1.92. The van der Waals surface area contributed by atoms with E-state index in [2.05, 4.69) is 10.3 Å². The molecule has 1 aromatic heterocycles. The molecule has 0 spiro atoms. The van der Waals surface area contributed by atoms with E-state index in [0.717, 1.165) is 18.6 Å². The summed E-state index contributed by atoms with van der Waals surface area (Å²) in [6.07, 6.45) is 3.14. The van der Waals surface area contributed by atoms with Crippen LogP contribution in [0.4, 0.5) is 5.82 Å². The Morgan fingerprint density at radius 1 is 1.50 bits per heavy atom. The Labute approximate surface area is 109 Å². The van der Waals surface area contributed by atoms with Crippen molar-refractivity contribution in [2.45, 2.75) is 24.5 Å². The van der Waals surface area contributed by atoms with E-state index >= 15 is 0 Å². The maximum atomic E-state index is 12.1. The Balaban J connectivity index is 2.05. The number of hydrogen-bond donors (Lipinski definition) is 2. The van der Waals surface area contributed by atoms with Crippen molar-refractivity contribution in [1.29, 1.82) is 0 Å².